The van der Waals surface area contributed by atoms with Gasteiger partial charge in [-0.2, -0.15) is 5.26 Å². The van der Waals surface area contributed by atoms with Gasteiger partial charge in [-0.1, -0.05) is 6.08 Å². The smallest absolute Gasteiger partial charge is 0.445 e. The molecule has 0 aliphatic heterocycles. The molecule has 0 saturated carbocycles. The Morgan fingerprint density at radius 2 is 2.14 bits per heavy atom. The normalized spacial score (nSPS) is 11.6. The van der Waals surface area contributed by atoms with Crippen LogP contribution in [0.1, 0.15) is 11.3 Å². The number of nitrogens with zero attached hydrogens (tertiary/aromatic N) is 3. The predicted molar refractivity (Wildman–Crippen MR) is 44.9 cm³/mol. The van der Waals surface area contributed by atoms with Gasteiger partial charge in [-0.25, -0.2) is 9.97 Å². The van der Waals surface area contributed by atoms with Crippen molar-refractivity contribution >= 4 is 13.1 Å². The molecule has 1 aromatic heterocycles. The molecule has 0 bridgehead atoms. The van der Waals surface area contributed by atoms with Gasteiger partial charge in [0.1, 0.15) is 12.4 Å². The fourth-order valence-electron chi connectivity index (χ4n) is 0.769. The number of aromatic nitrogens is 2. The van der Waals surface area contributed by atoms with E-state index < -0.39 is 6.98 Å². The first-order valence-electron chi connectivity index (χ1n) is 3.62. The molecule has 0 saturated heterocycles. The minimum atomic E-state index is -4.99. The summed E-state index contributed by atoms with van der Waals surface area (Å²) >= 11 is 0. The number of hydrogen-bond acceptors (Lipinski definition) is 3. The van der Waals surface area contributed by atoms with E-state index in [4.69, 9.17) is 5.26 Å². The molecule has 1 aromatic rings. The molecule has 0 N–H and O–H groups in total. The van der Waals surface area contributed by atoms with Gasteiger partial charge in [0.15, 0.2) is 5.69 Å². The van der Waals surface area contributed by atoms with Crippen LogP contribution in [0.5, 0.6) is 0 Å². The van der Waals surface area contributed by atoms with Crippen LogP contribution in [0, 0.1) is 11.3 Å². The first-order valence-corrected chi connectivity index (χ1v) is 3.62. The maximum atomic E-state index is 11.8. The van der Waals surface area contributed by atoms with E-state index >= 15 is 0 Å². The second kappa shape index (κ2) is 3.92. The summed E-state index contributed by atoms with van der Waals surface area (Å²) in [6, 6.07) is 1.67. The highest BCUT2D eigenvalue weighted by molar-refractivity contribution is 6.64. The zero-order valence-electron chi connectivity index (χ0n) is 6.86. The van der Waals surface area contributed by atoms with Gasteiger partial charge in [0.2, 0.25) is 0 Å². The number of hydrogen-bond donors (Lipinski definition) is 0. The Labute approximate surface area is 78.0 Å². The highest BCUT2D eigenvalue weighted by Crippen LogP contribution is 2.13. The summed E-state index contributed by atoms with van der Waals surface area (Å²) in [4.78, 5) is 7.03. The summed E-state index contributed by atoms with van der Waals surface area (Å²) in [6.45, 7) is -4.99. The van der Waals surface area contributed by atoms with Crippen molar-refractivity contribution in [3.05, 3.63) is 29.8 Å². The van der Waals surface area contributed by atoms with Crippen molar-refractivity contribution in [3.63, 3.8) is 0 Å². The van der Waals surface area contributed by atoms with Crippen LogP contribution in [-0.4, -0.2) is 16.9 Å². The van der Waals surface area contributed by atoms with Crippen LogP contribution in [0.15, 0.2) is 18.5 Å². The Bertz CT molecular complexity index is 394. The van der Waals surface area contributed by atoms with Gasteiger partial charge in [0.25, 0.3) is 0 Å². The molecule has 0 spiro atoms. The van der Waals surface area contributed by atoms with Crippen LogP contribution in [0.2, 0.25) is 0 Å². The van der Waals surface area contributed by atoms with E-state index in [1.54, 1.807) is 6.07 Å². The third kappa shape index (κ3) is 2.90. The molecule has 0 radical (unpaired) electrons. The molecule has 7 heteroatoms. The zero-order chi connectivity index (χ0) is 10.6. The lowest BCUT2D eigenvalue weighted by molar-refractivity contribution is 0.499. The molecule has 0 aliphatic carbocycles. The van der Waals surface area contributed by atoms with Gasteiger partial charge in [-0.15, -0.1) is 5.98 Å². The van der Waals surface area contributed by atoms with Crippen molar-refractivity contribution in [2.24, 2.45) is 0 Å². The lowest BCUT2D eigenvalue weighted by Gasteiger charge is -2.06. The van der Waals surface area contributed by atoms with E-state index in [1.807, 2.05) is 0 Å². The second-order valence-corrected chi connectivity index (χ2v) is 2.42. The molecule has 14 heavy (non-hydrogen) atoms. The monoisotopic (exact) mass is 198 g/mol. The Balaban J connectivity index is 2.99. The molecule has 0 aromatic carbocycles. The summed E-state index contributed by atoms with van der Waals surface area (Å²) in [5.74, 6) is 0.0968. The van der Waals surface area contributed by atoms with Crippen molar-refractivity contribution in [3.8, 4) is 6.07 Å². The van der Waals surface area contributed by atoms with Gasteiger partial charge in [0.05, 0.1) is 0 Å². The maximum Gasteiger partial charge on any atom is 0.502 e. The summed E-state index contributed by atoms with van der Waals surface area (Å²) in [5, 5.41) is 8.50. The van der Waals surface area contributed by atoms with Gasteiger partial charge in [-0.05, 0) is 0 Å². The zero-order valence-corrected chi connectivity index (χ0v) is 6.86. The molecule has 0 fully saturated rings. The molecule has 0 aliphatic rings. The summed E-state index contributed by atoms with van der Waals surface area (Å²) < 4.78 is 35.5. The minimum absolute atomic E-state index is 0.0641. The van der Waals surface area contributed by atoms with Gasteiger partial charge < -0.3 is 12.9 Å². The summed E-state index contributed by atoms with van der Waals surface area (Å²) in [5.41, 5.74) is -0.00880. The average Bonchev–Trinajstić information content (AvgIpc) is 2.14. The quantitative estimate of drug-likeness (QED) is 0.680. The molecule has 1 heterocycles. The summed E-state index contributed by atoms with van der Waals surface area (Å²) in [6.07, 6.45) is 3.05. The molecule has 0 amide bonds. The molecule has 1 rings (SSSR count). The van der Waals surface area contributed by atoms with Crippen molar-refractivity contribution < 1.29 is 12.9 Å². The van der Waals surface area contributed by atoms with Crippen LogP contribution in [0.25, 0.3) is 6.08 Å². The molecule has 0 unspecified atom stereocenters. The van der Waals surface area contributed by atoms with E-state index in [2.05, 4.69) is 9.97 Å². The van der Waals surface area contributed by atoms with E-state index in [-0.39, 0.29) is 17.2 Å². The molecule has 72 valence electrons. The number of nitriles is 1. The van der Waals surface area contributed by atoms with Crippen molar-refractivity contribution in [2.75, 3.05) is 0 Å². The fraction of sp³-hybridized carbons (Fsp3) is 0. The van der Waals surface area contributed by atoms with E-state index in [1.165, 1.54) is 0 Å². The van der Waals surface area contributed by atoms with Crippen molar-refractivity contribution in [1.29, 1.82) is 5.26 Å². The van der Waals surface area contributed by atoms with E-state index in [0.717, 1.165) is 18.6 Å². The Morgan fingerprint density at radius 1 is 1.43 bits per heavy atom. The molecular formula is C7H4BF3N3-. The van der Waals surface area contributed by atoms with Crippen molar-refractivity contribution in [2.45, 2.75) is 0 Å². The van der Waals surface area contributed by atoms with Crippen molar-refractivity contribution in [1.82, 2.24) is 9.97 Å². The third-order valence-corrected chi connectivity index (χ3v) is 1.34. The minimum Gasteiger partial charge on any atom is -0.445 e. The standard InChI is InChI=1S/C7H4BF3N3/c9-8(10,11)2-1-6-4-13-5-14-7(6)3-12/h1-2,4-5H/q-1/b2-1+. The van der Waals surface area contributed by atoms with Gasteiger partial charge in [-0.3, -0.25) is 0 Å². The van der Waals surface area contributed by atoms with Gasteiger partial charge >= 0.3 is 6.98 Å². The number of rotatable bonds is 2. The Hall–Kier alpha value is -1.84. The highest BCUT2D eigenvalue weighted by Gasteiger charge is 2.17. The van der Waals surface area contributed by atoms with E-state index in [9.17, 15) is 12.9 Å². The lowest BCUT2D eigenvalue weighted by atomic mass is 9.91. The van der Waals surface area contributed by atoms with Gasteiger partial charge in [0, 0.05) is 11.8 Å². The van der Waals surface area contributed by atoms with Crippen LogP contribution < -0.4 is 0 Å². The topological polar surface area (TPSA) is 49.6 Å². The highest BCUT2D eigenvalue weighted by atomic mass is 19.4. The van der Waals surface area contributed by atoms with Crippen LogP contribution in [0.4, 0.5) is 12.9 Å². The first-order chi connectivity index (χ1) is 6.53. The molecule has 0 atom stereocenters. The molecule has 3 nitrogen and oxygen atoms in total. The fourth-order valence-corrected chi connectivity index (χ4v) is 0.769. The summed E-state index contributed by atoms with van der Waals surface area (Å²) in [7, 11) is 0. The Kier molecular flexibility index (Phi) is 2.87. The average molecular weight is 198 g/mol. The largest absolute Gasteiger partial charge is 0.502 e. The van der Waals surface area contributed by atoms with E-state index in [0.29, 0.717) is 0 Å². The Morgan fingerprint density at radius 3 is 2.71 bits per heavy atom. The molecular weight excluding hydrogens is 194 g/mol. The number of halogens is 3. The van der Waals surface area contributed by atoms with Crippen LogP contribution in [0.3, 0.4) is 0 Å². The van der Waals surface area contributed by atoms with Crippen LogP contribution in [-0.2, 0) is 0 Å². The third-order valence-electron chi connectivity index (χ3n) is 1.34. The maximum absolute atomic E-state index is 11.8. The van der Waals surface area contributed by atoms with Crippen LogP contribution >= 0.6 is 0 Å². The second-order valence-electron chi connectivity index (χ2n) is 2.42. The SMILES string of the molecule is N#Cc1ncncc1/C=C/[B-](F)(F)F. The predicted octanol–water partition coefficient (Wildman–Crippen LogP) is 1.75. The lowest BCUT2D eigenvalue weighted by Crippen LogP contribution is -2.09. The first kappa shape index (κ1) is 10.2.